The molecule has 1 aromatic heterocycles. The van der Waals surface area contributed by atoms with Crippen LogP contribution in [0.2, 0.25) is 0 Å². The van der Waals surface area contributed by atoms with E-state index in [0.29, 0.717) is 12.3 Å². The molecule has 4 heteroatoms. The highest BCUT2D eigenvalue weighted by Crippen LogP contribution is 2.21. The zero-order chi connectivity index (χ0) is 13.0. The lowest BCUT2D eigenvalue weighted by Gasteiger charge is -2.16. The van der Waals surface area contributed by atoms with Crippen LogP contribution >= 0.6 is 0 Å². The maximum Gasteiger partial charge on any atom is 0.138 e. The molecule has 0 aliphatic carbocycles. The van der Waals surface area contributed by atoms with Crippen molar-refractivity contribution in [2.75, 3.05) is 0 Å². The molecule has 0 saturated carbocycles. The molecule has 0 bridgehead atoms. The Bertz CT molecular complexity index is 481. The normalized spacial score (nSPS) is 14.4. The third kappa shape index (κ3) is 3.17. The summed E-state index contributed by atoms with van der Waals surface area (Å²) in [6, 6.07) is 10.3. The molecule has 2 unspecified atom stereocenters. The number of rotatable bonds is 5. The van der Waals surface area contributed by atoms with Gasteiger partial charge in [-0.05, 0) is 17.9 Å². The molecule has 0 amide bonds. The molecule has 0 fully saturated rings. The van der Waals surface area contributed by atoms with Gasteiger partial charge in [-0.15, -0.1) is 0 Å². The van der Waals surface area contributed by atoms with Crippen LogP contribution < -0.4 is 0 Å². The molecule has 1 aromatic carbocycles. The Labute approximate surface area is 107 Å². The van der Waals surface area contributed by atoms with Crippen LogP contribution in [0.3, 0.4) is 0 Å². The van der Waals surface area contributed by atoms with E-state index in [1.807, 2.05) is 25.2 Å². The molecule has 0 radical (unpaired) electrons. The monoisotopic (exact) mass is 245 g/mol. The number of hydrogen-bond donors (Lipinski definition) is 1. The van der Waals surface area contributed by atoms with E-state index >= 15 is 0 Å². The second-order valence-electron chi connectivity index (χ2n) is 4.71. The van der Waals surface area contributed by atoms with Gasteiger partial charge < -0.3 is 5.11 Å². The van der Waals surface area contributed by atoms with E-state index in [-0.39, 0.29) is 6.10 Å². The summed E-state index contributed by atoms with van der Waals surface area (Å²) in [5.74, 6) is 1.16. The Balaban J connectivity index is 1.92. The number of nitrogens with zero attached hydrogens (tertiary/aromatic N) is 3. The average Bonchev–Trinajstić information content (AvgIpc) is 2.76. The molecule has 1 N–H and O–H groups in total. The maximum atomic E-state index is 10.1. The molecular formula is C14H19N3O. The van der Waals surface area contributed by atoms with Crippen LogP contribution in [0, 0.1) is 0 Å². The third-order valence-corrected chi connectivity index (χ3v) is 3.22. The number of aryl methyl sites for hydroxylation is 1. The first-order valence-electron chi connectivity index (χ1n) is 6.22. The fourth-order valence-corrected chi connectivity index (χ4v) is 2.12. The fraction of sp³-hybridized carbons (Fsp3) is 0.429. The minimum atomic E-state index is -0.386. The summed E-state index contributed by atoms with van der Waals surface area (Å²) >= 11 is 0. The molecule has 0 aliphatic rings. The van der Waals surface area contributed by atoms with Crippen molar-refractivity contribution >= 4 is 0 Å². The van der Waals surface area contributed by atoms with Crippen LogP contribution in [-0.2, 0) is 13.5 Å². The first kappa shape index (κ1) is 12.8. The van der Waals surface area contributed by atoms with Crippen molar-refractivity contribution in [3.8, 4) is 0 Å². The molecule has 2 rings (SSSR count). The highest BCUT2D eigenvalue weighted by Gasteiger charge is 2.14. The average molecular weight is 245 g/mol. The number of aliphatic hydroxyl groups is 1. The van der Waals surface area contributed by atoms with Gasteiger partial charge in [0.25, 0.3) is 0 Å². The number of hydrogen-bond acceptors (Lipinski definition) is 3. The van der Waals surface area contributed by atoms with Gasteiger partial charge in [-0.1, -0.05) is 37.3 Å². The Hall–Kier alpha value is -1.68. The number of aliphatic hydroxyl groups excluding tert-OH is 1. The molecule has 4 nitrogen and oxygen atoms in total. The minimum absolute atomic E-state index is 0.342. The Morgan fingerprint density at radius 2 is 2.00 bits per heavy atom. The zero-order valence-electron chi connectivity index (χ0n) is 10.8. The Kier molecular flexibility index (Phi) is 4.10. The van der Waals surface area contributed by atoms with E-state index < -0.39 is 0 Å². The molecule has 0 saturated heterocycles. The van der Waals surface area contributed by atoms with Crippen LogP contribution in [0.25, 0.3) is 0 Å². The predicted octanol–water partition coefficient (Wildman–Crippen LogP) is 1.91. The van der Waals surface area contributed by atoms with Crippen molar-refractivity contribution in [3.63, 3.8) is 0 Å². The van der Waals surface area contributed by atoms with E-state index in [0.717, 1.165) is 12.2 Å². The van der Waals surface area contributed by atoms with Gasteiger partial charge in [0.15, 0.2) is 0 Å². The van der Waals surface area contributed by atoms with Crippen LogP contribution in [0.1, 0.15) is 30.7 Å². The smallest absolute Gasteiger partial charge is 0.138 e. The zero-order valence-corrected chi connectivity index (χ0v) is 10.8. The van der Waals surface area contributed by atoms with Crippen molar-refractivity contribution in [2.45, 2.75) is 31.8 Å². The summed E-state index contributed by atoms with van der Waals surface area (Å²) in [7, 11) is 1.84. The van der Waals surface area contributed by atoms with Gasteiger partial charge in [-0.2, -0.15) is 5.10 Å². The van der Waals surface area contributed by atoms with Gasteiger partial charge >= 0.3 is 0 Å². The standard InChI is InChI=1S/C14H19N3O/c1-11(12-6-4-3-5-7-12)8-13(18)9-14-15-10-16-17(14)2/h3-7,10-11,13,18H,8-9H2,1-2H3. The molecule has 96 valence electrons. The molecule has 2 aromatic rings. The third-order valence-electron chi connectivity index (χ3n) is 3.22. The van der Waals surface area contributed by atoms with Crippen molar-refractivity contribution in [1.29, 1.82) is 0 Å². The van der Waals surface area contributed by atoms with Gasteiger partial charge in [0.2, 0.25) is 0 Å². The van der Waals surface area contributed by atoms with E-state index in [4.69, 9.17) is 0 Å². The Morgan fingerprint density at radius 3 is 2.61 bits per heavy atom. The van der Waals surface area contributed by atoms with Crippen molar-refractivity contribution in [1.82, 2.24) is 14.8 Å². The molecule has 0 aliphatic heterocycles. The molecule has 2 atom stereocenters. The van der Waals surface area contributed by atoms with Crippen molar-refractivity contribution in [3.05, 3.63) is 48.0 Å². The quantitative estimate of drug-likeness (QED) is 0.875. The lowest BCUT2D eigenvalue weighted by atomic mass is 9.94. The summed E-state index contributed by atoms with van der Waals surface area (Å²) in [5, 5.41) is 14.1. The van der Waals surface area contributed by atoms with Crippen LogP contribution in [0.5, 0.6) is 0 Å². The maximum absolute atomic E-state index is 10.1. The van der Waals surface area contributed by atoms with Gasteiger partial charge in [0.05, 0.1) is 6.10 Å². The summed E-state index contributed by atoms with van der Waals surface area (Å²) in [6.07, 6.45) is 2.41. The molecule has 1 heterocycles. The lowest BCUT2D eigenvalue weighted by Crippen LogP contribution is -2.16. The second-order valence-corrected chi connectivity index (χ2v) is 4.71. The Morgan fingerprint density at radius 1 is 1.28 bits per heavy atom. The van der Waals surface area contributed by atoms with Gasteiger partial charge in [0.1, 0.15) is 12.2 Å². The van der Waals surface area contributed by atoms with Crippen LogP contribution in [-0.4, -0.2) is 26.0 Å². The lowest BCUT2D eigenvalue weighted by molar-refractivity contribution is 0.154. The van der Waals surface area contributed by atoms with E-state index in [1.165, 1.54) is 11.9 Å². The van der Waals surface area contributed by atoms with E-state index in [2.05, 4.69) is 29.1 Å². The van der Waals surface area contributed by atoms with E-state index in [9.17, 15) is 5.11 Å². The van der Waals surface area contributed by atoms with Crippen LogP contribution in [0.4, 0.5) is 0 Å². The van der Waals surface area contributed by atoms with Crippen LogP contribution in [0.15, 0.2) is 36.7 Å². The summed E-state index contributed by atoms with van der Waals surface area (Å²) in [6.45, 7) is 2.13. The summed E-state index contributed by atoms with van der Waals surface area (Å²) in [5.41, 5.74) is 1.26. The topological polar surface area (TPSA) is 50.9 Å². The van der Waals surface area contributed by atoms with Gasteiger partial charge in [0, 0.05) is 13.5 Å². The second kappa shape index (κ2) is 5.78. The molecule has 0 spiro atoms. The van der Waals surface area contributed by atoms with E-state index in [1.54, 1.807) is 4.68 Å². The highest BCUT2D eigenvalue weighted by molar-refractivity contribution is 5.18. The summed E-state index contributed by atoms with van der Waals surface area (Å²) in [4.78, 5) is 4.13. The summed E-state index contributed by atoms with van der Waals surface area (Å²) < 4.78 is 1.70. The largest absolute Gasteiger partial charge is 0.393 e. The van der Waals surface area contributed by atoms with Gasteiger partial charge in [-0.25, -0.2) is 4.98 Å². The first-order chi connectivity index (χ1) is 8.66. The number of benzene rings is 1. The SMILES string of the molecule is CC(CC(O)Cc1ncnn1C)c1ccccc1. The fourth-order valence-electron chi connectivity index (χ4n) is 2.12. The highest BCUT2D eigenvalue weighted by atomic mass is 16.3. The molecular weight excluding hydrogens is 226 g/mol. The van der Waals surface area contributed by atoms with Crippen molar-refractivity contribution < 1.29 is 5.11 Å². The minimum Gasteiger partial charge on any atom is -0.393 e. The predicted molar refractivity (Wildman–Crippen MR) is 70.2 cm³/mol. The first-order valence-corrected chi connectivity index (χ1v) is 6.22. The van der Waals surface area contributed by atoms with Crippen molar-refractivity contribution in [2.24, 2.45) is 7.05 Å². The number of aromatic nitrogens is 3. The van der Waals surface area contributed by atoms with Gasteiger partial charge in [-0.3, -0.25) is 4.68 Å². The molecule has 18 heavy (non-hydrogen) atoms.